The van der Waals surface area contributed by atoms with E-state index in [1.54, 1.807) is 6.33 Å². The molecular formula is C13H18N4S. The Balaban J connectivity index is 1.95. The first-order valence-electron chi connectivity index (χ1n) is 6.12. The summed E-state index contributed by atoms with van der Waals surface area (Å²) in [6.45, 7) is 3.11. The van der Waals surface area contributed by atoms with Crippen LogP contribution >= 0.6 is 11.8 Å². The minimum atomic E-state index is 0.759. The molecule has 0 unspecified atom stereocenters. The average Bonchev–Trinajstić information content (AvgIpc) is 2.84. The maximum absolute atomic E-state index is 5.66. The highest BCUT2D eigenvalue weighted by Crippen LogP contribution is 2.16. The molecule has 2 rings (SSSR count). The number of nitrogen functional groups attached to an aromatic ring is 1. The van der Waals surface area contributed by atoms with Crippen molar-refractivity contribution in [2.75, 3.05) is 17.2 Å². The van der Waals surface area contributed by atoms with Crippen LogP contribution in [0, 0.1) is 0 Å². The van der Waals surface area contributed by atoms with Crippen LogP contribution in [0.15, 0.2) is 30.6 Å². The fraction of sp³-hybridized carbons (Fsp3) is 0.385. The summed E-state index contributed by atoms with van der Waals surface area (Å²) in [5.41, 5.74) is 7.42. The Labute approximate surface area is 112 Å². The van der Waals surface area contributed by atoms with Gasteiger partial charge in [0, 0.05) is 17.8 Å². The summed E-state index contributed by atoms with van der Waals surface area (Å²) >= 11 is 1.96. The molecule has 0 atom stereocenters. The van der Waals surface area contributed by atoms with E-state index in [-0.39, 0.29) is 0 Å². The van der Waals surface area contributed by atoms with E-state index < -0.39 is 0 Å². The first-order valence-corrected chi connectivity index (χ1v) is 7.28. The maximum atomic E-state index is 5.66. The second-order valence-corrected chi connectivity index (χ2v) is 5.40. The summed E-state index contributed by atoms with van der Waals surface area (Å²) < 4.78 is 1.90. The van der Waals surface area contributed by atoms with Crippen molar-refractivity contribution in [3.63, 3.8) is 0 Å². The van der Waals surface area contributed by atoms with Crippen molar-refractivity contribution < 1.29 is 0 Å². The number of nitrogens with zero attached hydrogens (tertiary/aromatic N) is 3. The van der Waals surface area contributed by atoms with Gasteiger partial charge in [0.1, 0.15) is 6.33 Å². The third-order valence-electron chi connectivity index (χ3n) is 2.59. The fourth-order valence-corrected chi connectivity index (χ4v) is 2.26. The molecule has 1 aromatic heterocycles. The number of benzene rings is 1. The number of aryl methyl sites for hydroxylation is 1. The molecule has 2 N–H and O–H groups in total. The average molecular weight is 262 g/mol. The van der Waals surface area contributed by atoms with Gasteiger partial charge in [-0.1, -0.05) is 6.92 Å². The predicted molar refractivity (Wildman–Crippen MR) is 77.5 cm³/mol. The molecule has 0 aliphatic carbocycles. The third-order valence-corrected chi connectivity index (χ3v) is 3.57. The van der Waals surface area contributed by atoms with Crippen LogP contribution in [0.5, 0.6) is 0 Å². The lowest BCUT2D eigenvalue weighted by Gasteiger charge is -1.99. The molecule has 0 amide bonds. The van der Waals surface area contributed by atoms with Crippen molar-refractivity contribution in [1.29, 1.82) is 0 Å². The second-order valence-electron chi connectivity index (χ2n) is 4.00. The van der Waals surface area contributed by atoms with Gasteiger partial charge in [0.25, 0.3) is 0 Å². The molecule has 96 valence electrons. The quantitative estimate of drug-likeness (QED) is 0.642. The van der Waals surface area contributed by atoms with Crippen LogP contribution in [-0.2, 0) is 6.54 Å². The number of thioether (sulfide) groups is 1. The molecule has 0 radical (unpaired) electrons. The van der Waals surface area contributed by atoms with Crippen molar-refractivity contribution in [2.45, 2.75) is 19.9 Å². The Morgan fingerprint density at radius 3 is 2.78 bits per heavy atom. The van der Waals surface area contributed by atoms with Crippen LogP contribution in [0.25, 0.3) is 11.4 Å². The van der Waals surface area contributed by atoms with Gasteiger partial charge in [0.05, 0.1) is 0 Å². The molecular weight excluding hydrogens is 244 g/mol. The van der Waals surface area contributed by atoms with Gasteiger partial charge in [-0.05, 0) is 42.2 Å². The summed E-state index contributed by atoms with van der Waals surface area (Å²) in [5, 5.41) is 4.46. The third kappa shape index (κ3) is 3.50. The number of anilines is 1. The van der Waals surface area contributed by atoms with E-state index in [4.69, 9.17) is 5.73 Å². The Hall–Kier alpha value is -1.49. The molecule has 4 nitrogen and oxygen atoms in total. The molecule has 0 spiro atoms. The fourth-order valence-electron chi connectivity index (χ4n) is 1.64. The van der Waals surface area contributed by atoms with E-state index in [2.05, 4.69) is 17.0 Å². The van der Waals surface area contributed by atoms with Crippen LogP contribution in [0.4, 0.5) is 5.69 Å². The molecule has 18 heavy (non-hydrogen) atoms. The standard InChI is InChI=1S/C13H18N4S/c1-2-18-9-3-8-17-10-15-13(16-17)11-4-6-12(14)7-5-11/h4-7,10H,2-3,8-9,14H2,1H3. The highest BCUT2D eigenvalue weighted by Gasteiger charge is 2.03. The predicted octanol–water partition coefficient (Wildman–Crippen LogP) is 2.67. The van der Waals surface area contributed by atoms with Crippen molar-refractivity contribution in [2.24, 2.45) is 0 Å². The summed E-state index contributed by atoms with van der Waals surface area (Å²) in [7, 11) is 0. The van der Waals surface area contributed by atoms with Crippen molar-refractivity contribution in [3.8, 4) is 11.4 Å². The molecule has 2 aromatic rings. The van der Waals surface area contributed by atoms with E-state index >= 15 is 0 Å². The number of nitrogens with two attached hydrogens (primary N) is 1. The molecule has 0 aliphatic rings. The van der Waals surface area contributed by atoms with Gasteiger partial charge >= 0.3 is 0 Å². The summed E-state index contributed by atoms with van der Waals surface area (Å²) in [4.78, 5) is 4.32. The second kappa shape index (κ2) is 6.44. The minimum Gasteiger partial charge on any atom is -0.399 e. The number of hydrogen-bond acceptors (Lipinski definition) is 4. The topological polar surface area (TPSA) is 56.7 Å². The molecule has 0 aliphatic heterocycles. The molecule has 0 saturated carbocycles. The Kier molecular flexibility index (Phi) is 4.64. The minimum absolute atomic E-state index is 0.759. The zero-order valence-electron chi connectivity index (χ0n) is 10.5. The number of hydrogen-bond donors (Lipinski definition) is 1. The van der Waals surface area contributed by atoms with Crippen LogP contribution in [0.3, 0.4) is 0 Å². The summed E-state index contributed by atoms with van der Waals surface area (Å²) in [5.74, 6) is 3.11. The largest absolute Gasteiger partial charge is 0.399 e. The monoisotopic (exact) mass is 262 g/mol. The lowest BCUT2D eigenvalue weighted by molar-refractivity contribution is 0.606. The summed E-state index contributed by atoms with van der Waals surface area (Å²) in [6, 6.07) is 7.63. The smallest absolute Gasteiger partial charge is 0.181 e. The van der Waals surface area contributed by atoms with E-state index in [1.807, 2.05) is 40.7 Å². The molecule has 0 saturated heterocycles. The van der Waals surface area contributed by atoms with Gasteiger partial charge in [-0.15, -0.1) is 0 Å². The van der Waals surface area contributed by atoms with Gasteiger partial charge < -0.3 is 5.73 Å². The highest BCUT2D eigenvalue weighted by atomic mass is 32.2. The van der Waals surface area contributed by atoms with Crippen molar-refractivity contribution in [3.05, 3.63) is 30.6 Å². The SMILES string of the molecule is CCSCCCn1cnc(-c2ccc(N)cc2)n1. The summed E-state index contributed by atoms with van der Waals surface area (Å²) in [6.07, 6.45) is 2.92. The maximum Gasteiger partial charge on any atom is 0.181 e. The van der Waals surface area contributed by atoms with Gasteiger partial charge in [-0.2, -0.15) is 16.9 Å². The molecule has 5 heteroatoms. The normalized spacial score (nSPS) is 10.7. The van der Waals surface area contributed by atoms with E-state index in [0.29, 0.717) is 0 Å². The number of rotatable bonds is 6. The highest BCUT2D eigenvalue weighted by molar-refractivity contribution is 7.99. The molecule has 1 heterocycles. The van der Waals surface area contributed by atoms with Gasteiger partial charge in [0.15, 0.2) is 5.82 Å². The van der Waals surface area contributed by atoms with Gasteiger partial charge in [-0.25, -0.2) is 4.98 Å². The van der Waals surface area contributed by atoms with E-state index in [1.165, 1.54) is 11.5 Å². The van der Waals surface area contributed by atoms with E-state index in [0.717, 1.165) is 30.0 Å². The van der Waals surface area contributed by atoms with Crippen LogP contribution in [-0.4, -0.2) is 26.3 Å². The Bertz CT molecular complexity index is 478. The van der Waals surface area contributed by atoms with E-state index in [9.17, 15) is 0 Å². The zero-order valence-corrected chi connectivity index (χ0v) is 11.4. The van der Waals surface area contributed by atoms with Crippen LogP contribution in [0.2, 0.25) is 0 Å². The molecule has 0 fully saturated rings. The number of aromatic nitrogens is 3. The van der Waals surface area contributed by atoms with Crippen LogP contribution < -0.4 is 5.73 Å². The lowest BCUT2D eigenvalue weighted by atomic mass is 10.2. The Morgan fingerprint density at radius 1 is 1.28 bits per heavy atom. The first-order chi connectivity index (χ1) is 8.79. The van der Waals surface area contributed by atoms with Crippen molar-refractivity contribution in [1.82, 2.24) is 14.8 Å². The molecule has 1 aromatic carbocycles. The van der Waals surface area contributed by atoms with Gasteiger partial charge in [-0.3, -0.25) is 4.68 Å². The zero-order chi connectivity index (χ0) is 12.8. The van der Waals surface area contributed by atoms with Crippen molar-refractivity contribution >= 4 is 17.4 Å². The van der Waals surface area contributed by atoms with Crippen LogP contribution in [0.1, 0.15) is 13.3 Å². The first kappa shape index (κ1) is 13.0. The lowest BCUT2D eigenvalue weighted by Crippen LogP contribution is -2.00. The molecule has 0 bridgehead atoms. The van der Waals surface area contributed by atoms with Gasteiger partial charge in [0.2, 0.25) is 0 Å². The Morgan fingerprint density at radius 2 is 2.06 bits per heavy atom.